The molecule has 0 aromatic carbocycles. The van der Waals surface area contributed by atoms with Crippen LogP contribution in [0.1, 0.15) is 32.4 Å². The Labute approximate surface area is 126 Å². The van der Waals surface area contributed by atoms with Crippen molar-refractivity contribution in [3.8, 4) is 0 Å². The fraction of sp³-hybridized carbons (Fsp3) is 0.733. The van der Waals surface area contributed by atoms with E-state index in [1.807, 2.05) is 19.9 Å². The number of ether oxygens (including phenoxy) is 1. The van der Waals surface area contributed by atoms with Crippen molar-refractivity contribution in [2.24, 2.45) is 0 Å². The van der Waals surface area contributed by atoms with E-state index in [4.69, 9.17) is 10.5 Å². The van der Waals surface area contributed by atoms with Gasteiger partial charge in [-0.1, -0.05) is 0 Å². The summed E-state index contributed by atoms with van der Waals surface area (Å²) in [5.74, 6) is 1.27. The largest absolute Gasteiger partial charge is 0.373 e. The zero-order chi connectivity index (χ0) is 15.0. The number of anilines is 2. The van der Waals surface area contributed by atoms with Gasteiger partial charge in [0.05, 0.1) is 18.4 Å². The Balaban J connectivity index is 1.76. The second-order valence-electron chi connectivity index (χ2n) is 6.39. The molecule has 21 heavy (non-hydrogen) atoms. The first-order chi connectivity index (χ1) is 10.0. The van der Waals surface area contributed by atoms with Crippen LogP contribution in [0.4, 0.5) is 11.8 Å². The molecule has 1 aromatic heterocycles. The number of nitrogen functional groups attached to an aromatic ring is 1. The number of piperazine rings is 1. The van der Waals surface area contributed by atoms with Crippen molar-refractivity contribution in [2.75, 3.05) is 30.8 Å². The monoisotopic (exact) mass is 291 g/mol. The molecule has 3 rings (SSSR count). The number of hydrogen-bond acceptors (Lipinski definition) is 6. The lowest BCUT2D eigenvalue weighted by Gasteiger charge is -2.39. The van der Waals surface area contributed by atoms with E-state index in [-0.39, 0.29) is 6.10 Å². The Morgan fingerprint density at radius 3 is 2.57 bits per heavy atom. The van der Waals surface area contributed by atoms with Crippen molar-refractivity contribution < 1.29 is 4.74 Å². The molecule has 0 radical (unpaired) electrons. The fourth-order valence-corrected chi connectivity index (χ4v) is 3.29. The quantitative estimate of drug-likeness (QED) is 0.901. The summed E-state index contributed by atoms with van der Waals surface area (Å²) >= 11 is 0. The number of likely N-dealkylation sites (N-methyl/N-ethyl adjacent to an activating group) is 1. The molecule has 1 aromatic rings. The molecule has 116 valence electrons. The standard InChI is InChI=1S/C15H25N5O/c1-10(2)21-9-11-6-14(18-15(16)17-11)20-7-12-4-5-13(8-20)19(12)3/h6,10,12-13H,4-5,7-9H2,1-3H3,(H2,16,17,18). The van der Waals surface area contributed by atoms with Gasteiger partial charge in [-0.15, -0.1) is 0 Å². The summed E-state index contributed by atoms with van der Waals surface area (Å²) < 4.78 is 5.62. The van der Waals surface area contributed by atoms with Gasteiger partial charge in [0.1, 0.15) is 5.82 Å². The molecule has 0 spiro atoms. The topological polar surface area (TPSA) is 67.5 Å². The number of aromatic nitrogens is 2. The molecule has 6 nitrogen and oxygen atoms in total. The summed E-state index contributed by atoms with van der Waals surface area (Å²) in [6.07, 6.45) is 2.74. The maximum atomic E-state index is 5.87. The molecular weight excluding hydrogens is 266 g/mol. The van der Waals surface area contributed by atoms with Crippen LogP contribution < -0.4 is 10.6 Å². The van der Waals surface area contributed by atoms with Gasteiger partial charge in [0.15, 0.2) is 0 Å². The Bertz CT molecular complexity index is 493. The predicted octanol–water partition coefficient (Wildman–Crippen LogP) is 1.27. The van der Waals surface area contributed by atoms with E-state index < -0.39 is 0 Å². The molecule has 3 heterocycles. The minimum absolute atomic E-state index is 0.184. The van der Waals surface area contributed by atoms with Gasteiger partial charge < -0.3 is 15.4 Å². The molecule has 0 saturated carbocycles. The predicted molar refractivity (Wildman–Crippen MR) is 83.2 cm³/mol. The smallest absolute Gasteiger partial charge is 0.222 e. The van der Waals surface area contributed by atoms with Crippen LogP contribution >= 0.6 is 0 Å². The summed E-state index contributed by atoms with van der Waals surface area (Å²) in [5.41, 5.74) is 6.73. The van der Waals surface area contributed by atoms with Crippen LogP contribution in [0.15, 0.2) is 6.07 Å². The number of rotatable bonds is 4. The van der Waals surface area contributed by atoms with Crippen LogP contribution in [0.5, 0.6) is 0 Å². The maximum absolute atomic E-state index is 5.87. The van der Waals surface area contributed by atoms with E-state index in [9.17, 15) is 0 Å². The number of nitrogens with zero attached hydrogens (tertiary/aromatic N) is 4. The first-order valence-electron chi connectivity index (χ1n) is 7.75. The molecule has 6 heteroatoms. The molecule has 2 fully saturated rings. The second kappa shape index (κ2) is 5.77. The van der Waals surface area contributed by atoms with E-state index in [1.165, 1.54) is 12.8 Å². The van der Waals surface area contributed by atoms with Crippen molar-refractivity contribution in [3.63, 3.8) is 0 Å². The Morgan fingerprint density at radius 2 is 1.95 bits per heavy atom. The van der Waals surface area contributed by atoms with Crippen LogP contribution in [0.25, 0.3) is 0 Å². The van der Waals surface area contributed by atoms with Crippen LogP contribution in [0.2, 0.25) is 0 Å². The van der Waals surface area contributed by atoms with Crippen molar-refractivity contribution >= 4 is 11.8 Å². The highest BCUT2D eigenvalue weighted by Crippen LogP contribution is 2.30. The highest BCUT2D eigenvalue weighted by atomic mass is 16.5. The highest BCUT2D eigenvalue weighted by molar-refractivity contribution is 5.45. The third kappa shape index (κ3) is 3.11. The average molecular weight is 291 g/mol. The van der Waals surface area contributed by atoms with Gasteiger partial charge in [0.2, 0.25) is 5.95 Å². The highest BCUT2D eigenvalue weighted by Gasteiger charge is 2.37. The van der Waals surface area contributed by atoms with E-state index in [0.29, 0.717) is 24.6 Å². The molecule has 2 aliphatic heterocycles. The van der Waals surface area contributed by atoms with Gasteiger partial charge in [-0.3, -0.25) is 4.90 Å². The zero-order valence-electron chi connectivity index (χ0n) is 13.1. The lowest BCUT2D eigenvalue weighted by molar-refractivity contribution is 0.0636. The van der Waals surface area contributed by atoms with Gasteiger partial charge in [-0.05, 0) is 33.7 Å². The zero-order valence-corrected chi connectivity index (χ0v) is 13.1. The van der Waals surface area contributed by atoms with Crippen molar-refractivity contribution in [1.82, 2.24) is 14.9 Å². The Morgan fingerprint density at radius 1 is 1.29 bits per heavy atom. The SMILES string of the molecule is CC(C)OCc1cc(N2CC3CCC(C2)N3C)nc(N)n1. The minimum atomic E-state index is 0.184. The first kappa shape index (κ1) is 14.5. The average Bonchev–Trinajstić information content (AvgIpc) is 2.65. The summed E-state index contributed by atoms with van der Waals surface area (Å²) in [7, 11) is 2.23. The van der Waals surface area contributed by atoms with Crippen molar-refractivity contribution in [1.29, 1.82) is 0 Å². The van der Waals surface area contributed by atoms with Crippen LogP contribution in [-0.4, -0.2) is 53.2 Å². The van der Waals surface area contributed by atoms with Crippen LogP contribution in [-0.2, 0) is 11.3 Å². The lowest BCUT2D eigenvalue weighted by atomic mass is 10.2. The lowest BCUT2D eigenvalue weighted by Crippen LogP contribution is -2.52. The molecule has 2 aliphatic rings. The van der Waals surface area contributed by atoms with Gasteiger partial charge in [-0.25, -0.2) is 4.98 Å². The van der Waals surface area contributed by atoms with E-state index in [1.54, 1.807) is 0 Å². The van der Waals surface area contributed by atoms with Gasteiger partial charge in [0.25, 0.3) is 0 Å². The Hall–Kier alpha value is -1.40. The summed E-state index contributed by atoms with van der Waals surface area (Å²) in [6, 6.07) is 3.29. The van der Waals surface area contributed by atoms with E-state index >= 15 is 0 Å². The molecule has 2 bridgehead atoms. The summed E-state index contributed by atoms with van der Waals surface area (Å²) in [6.45, 7) is 6.56. The molecular formula is C15H25N5O. The van der Waals surface area contributed by atoms with Crippen molar-refractivity contribution in [3.05, 3.63) is 11.8 Å². The number of nitrogens with two attached hydrogens (primary N) is 1. The fourth-order valence-electron chi connectivity index (χ4n) is 3.29. The van der Waals surface area contributed by atoms with Gasteiger partial charge >= 0.3 is 0 Å². The molecule has 2 atom stereocenters. The normalized spacial score (nSPS) is 25.8. The third-order valence-electron chi connectivity index (χ3n) is 4.52. The molecule has 2 saturated heterocycles. The molecule has 2 N–H and O–H groups in total. The first-order valence-corrected chi connectivity index (χ1v) is 7.75. The second-order valence-corrected chi connectivity index (χ2v) is 6.39. The Kier molecular flexibility index (Phi) is 3.99. The molecule has 2 unspecified atom stereocenters. The van der Waals surface area contributed by atoms with Gasteiger partial charge in [0, 0.05) is 31.2 Å². The summed E-state index contributed by atoms with van der Waals surface area (Å²) in [5, 5.41) is 0. The maximum Gasteiger partial charge on any atom is 0.222 e. The third-order valence-corrected chi connectivity index (χ3v) is 4.52. The molecule has 0 aliphatic carbocycles. The van der Waals surface area contributed by atoms with Crippen LogP contribution in [0.3, 0.4) is 0 Å². The summed E-state index contributed by atoms with van der Waals surface area (Å²) in [4.78, 5) is 13.5. The number of fused-ring (bicyclic) bond motifs is 2. The van der Waals surface area contributed by atoms with Gasteiger partial charge in [-0.2, -0.15) is 4.98 Å². The van der Waals surface area contributed by atoms with Crippen LogP contribution in [0, 0.1) is 0 Å². The number of hydrogen-bond donors (Lipinski definition) is 1. The minimum Gasteiger partial charge on any atom is -0.373 e. The van der Waals surface area contributed by atoms with E-state index in [2.05, 4.69) is 26.8 Å². The van der Waals surface area contributed by atoms with E-state index in [0.717, 1.165) is 24.6 Å². The molecule has 0 amide bonds. The van der Waals surface area contributed by atoms with Crippen molar-refractivity contribution in [2.45, 2.75) is 51.5 Å².